The number of hydrogen-bond donors (Lipinski definition) is 1. The Balaban J connectivity index is 1.68. The summed E-state index contributed by atoms with van der Waals surface area (Å²) in [6.45, 7) is 9.13. The molecule has 0 spiro atoms. The Morgan fingerprint density at radius 2 is 2.04 bits per heavy atom. The number of carbonyl (C=O) groups is 1. The highest BCUT2D eigenvalue weighted by molar-refractivity contribution is 5.95. The van der Waals surface area contributed by atoms with Crippen molar-refractivity contribution in [3.05, 3.63) is 45.0 Å². The van der Waals surface area contributed by atoms with Gasteiger partial charge in [-0.3, -0.25) is 9.89 Å². The number of rotatable bonds is 5. The van der Waals surface area contributed by atoms with Crippen LogP contribution in [0.2, 0.25) is 0 Å². The summed E-state index contributed by atoms with van der Waals surface area (Å²) in [5, 5.41) is 7.10. The summed E-state index contributed by atoms with van der Waals surface area (Å²) in [4.78, 5) is 31.5. The summed E-state index contributed by atoms with van der Waals surface area (Å²) in [6, 6.07) is 1.83. The highest BCUT2D eigenvalue weighted by atomic mass is 16.4. The van der Waals surface area contributed by atoms with Crippen LogP contribution in [-0.4, -0.2) is 39.1 Å². The lowest BCUT2D eigenvalue weighted by molar-refractivity contribution is 0.0705. The lowest BCUT2D eigenvalue weighted by Gasteiger charge is -2.30. The first-order valence-electron chi connectivity index (χ1n) is 9.67. The second-order valence-electron chi connectivity index (χ2n) is 7.84. The van der Waals surface area contributed by atoms with Gasteiger partial charge in [0.05, 0.1) is 0 Å². The van der Waals surface area contributed by atoms with Crippen molar-refractivity contribution in [2.45, 2.75) is 59.3 Å². The molecule has 0 saturated carbocycles. The van der Waals surface area contributed by atoms with E-state index in [2.05, 4.69) is 29.0 Å². The predicted octanol–water partition coefficient (Wildman–Crippen LogP) is 2.98. The number of likely N-dealkylation sites (tertiary alicyclic amines) is 1. The zero-order valence-electron chi connectivity index (χ0n) is 16.5. The number of H-pyrrole nitrogens is 1. The van der Waals surface area contributed by atoms with Crippen LogP contribution in [-0.2, 0) is 6.42 Å². The van der Waals surface area contributed by atoms with E-state index in [0.717, 1.165) is 30.9 Å². The molecule has 1 amide bonds. The average Bonchev–Trinajstić information content (AvgIpc) is 3.06. The largest absolute Gasteiger partial charge is 0.427 e. The van der Waals surface area contributed by atoms with Gasteiger partial charge in [-0.15, -0.1) is 0 Å². The van der Waals surface area contributed by atoms with E-state index >= 15 is 0 Å². The Labute approximate surface area is 159 Å². The SMILES string of the molecule is Cc1nc(C2CCN(C(=O)c3c(C)cc(CCC(C)C)oc3=O)CC2)n[nH]1. The highest BCUT2D eigenvalue weighted by Crippen LogP contribution is 2.26. The molecular formula is C20H28N4O3. The van der Waals surface area contributed by atoms with Gasteiger partial charge in [0, 0.05) is 25.4 Å². The number of aromatic amines is 1. The summed E-state index contributed by atoms with van der Waals surface area (Å²) >= 11 is 0. The first-order chi connectivity index (χ1) is 12.8. The Morgan fingerprint density at radius 3 is 2.59 bits per heavy atom. The van der Waals surface area contributed by atoms with Crippen LogP contribution in [0.15, 0.2) is 15.3 Å². The standard InChI is InChI=1S/C20H28N4O3/c1-12(2)5-6-16-11-13(3)17(20(26)27-16)19(25)24-9-7-15(8-10-24)18-21-14(4)22-23-18/h11-12,15H,5-10H2,1-4H3,(H,21,22,23). The van der Waals surface area contributed by atoms with Gasteiger partial charge in [-0.05, 0) is 50.7 Å². The number of nitrogens with one attached hydrogen (secondary N) is 1. The molecule has 1 saturated heterocycles. The summed E-state index contributed by atoms with van der Waals surface area (Å²) in [6.07, 6.45) is 3.24. The van der Waals surface area contributed by atoms with E-state index < -0.39 is 5.63 Å². The molecule has 146 valence electrons. The van der Waals surface area contributed by atoms with Crippen molar-refractivity contribution >= 4 is 5.91 Å². The van der Waals surface area contributed by atoms with E-state index in [0.29, 0.717) is 36.8 Å². The normalized spacial score (nSPS) is 15.5. The van der Waals surface area contributed by atoms with Crippen LogP contribution >= 0.6 is 0 Å². The second-order valence-corrected chi connectivity index (χ2v) is 7.84. The van der Waals surface area contributed by atoms with E-state index in [4.69, 9.17) is 4.42 Å². The molecule has 1 aliphatic heterocycles. The summed E-state index contributed by atoms with van der Waals surface area (Å²) < 4.78 is 5.42. The lowest BCUT2D eigenvalue weighted by atomic mass is 9.95. The molecule has 0 aliphatic carbocycles. The first kappa shape index (κ1) is 19.3. The molecule has 0 unspecified atom stereocenters. The Kier molecular flexibility index (Phi) is 5.77. The number of carbonyl (C=O) groups excluding carboxylic acids is 1. The molecule has 1 fully saturated rings. The van der Waals surface area contributed by atoms with Gasteiger partial charge in [0.1, 0.15) is 17.1 Å². The van der Waals surface area contributed by atoms with Crippen molar-refractivity contribution in [2.24, 2.45) is 5.92 Å². The predicted molar refractivity (Wildman–Crippen MR) is 102 cm³/mol. The number of nitrogens with zero attached hydrogens (tertiary/aromatic N) is 3. The van der Waals surface area contributed by atoms with Crippen LogP contribution < -0.4 is 5.63 Å². The maximum absolute atomic E-state index is 12.9. The van der Waals surface area contributed by atoms with E-state index in [-0.39, 0.29) is 17.4 Å². The van der Waals surface area contributed by atoms with Gasteiger partial charge in [-0.25, -0.2) is 9.78 Å². The molecule has 7 nitrogen and oxygen atoms in total. The van der Waals surface area contributed by atoms with Gasteiger partial charge in [0.2, 0.25) is 0 Å². The molecule has 0 radical (unpaired) electrons. The molecule has 0 atom stereocenters. The Morgan fingerprint density at radius 1 is 1.33 bits per heavy atom. The van der Waals surface area contributed by atoms with Crippen molar-refractivity contribution in [1.29, 1.82) is 0 Å². The van der Waals surface area contributed by atoms with Crippen molar-refractivity contribution < 1.29 is 9.21 Å². The fourth-order valence-corrected chi connectivity index (χ4v) is 3.53. The molecule has 27 heavy (non-hydrogen) atoms. The van der Waals surface area contributed by atoms with Crippen molar-refractivity contribution in [3.8, 4) is 0 Å². The first-order valence-corrected chi connectivity index (χ1v) is 9.67. The zero-order chi connectivity index (χ0) is 19.6. The number of aromatic nitrogens is 3. The smallest absolute Gasteiger partial charge is 0.349 e. The third-order valence-electron chi connectivity index (χ3n) is 5.14. The van der Waals surface area contributed by atoms with Crippen LogP contribution in [0.5, 0.6) is 0 Å². The molecule has 2 aromatic rings. The Bertz CT molecular complexity index is 860. The van der Waals surface area contributed by atoms with Crippen LogP contribution in [0.3, 0.4) is 0 Å². The molecule has 3 rings (SSSR count). The molecule has 1 N–H and O–H groups in total. The van der Waals surface area contributed by atoms with Crippen molar-refractivity contribution in [3.63, 3.8) is 0 Å². The van der Waals surface area contributed by atoms with Crippen molar-refractivity contribution in [2.75, 3.05) is 13.1 Å². The highest BCUT2D eigenvalue weighted by Gasteiger charge is 2.29. The Hall–Kier alpha value is -2.44. The molecule has 7 heteroatoms. The number of piperidine rings is 1. The summed E-state index contributed by atoms with van der Waals surface area (Å²) in [5.41, 5.74) is 0.336. The quantitative estimate of drug-likeness (QED) is 0.871. The fourth-order valence-electron chi connectivity index (χ4n) is 3.53. The van der Waals surface area contributed by atoms with E-state index in [9.17, 15) is 9.59 Å². The lowest BCUT2D eigenvalue weighted by Crippen LogP contribution is -2.40. The minimum Gasteiger partial charge on any atom is -0.427 e. The topological polar surface area (TPSA) is 92.1 Å². The van der Waals surface area contributed by atoms with Crippen molar-refractivity contribution in [1.82, 2.24) is 20.1 Å². The average molecular weight is 372 g/mol. The van der Waals surface area contributed by atoms with E-state index in [1.807, 2.05) is 19.9 Å². The summed E-state index contributed by atoms with van der Waals surface area (Å²) in [7, 11) is 0. The van der Waals surface area contributed by atoms with Gasteiger partial charge in [0.25, 0.3) is 5.91 Å². The molecule has 1 aliphatic rings. The van der Waals surface area contributed by atoms with E-state index in [1.54, 1.807) is 4.90 Å². The van der Waals surface area contributed by atoms with Crippen LogP contribution in [0.1, 0.15) is 72.4 Å². The number of aryl methyl sites for hydroxylation is 3. The van der Waals surface area contributed by atoms with Gasteiger partial charge >= 0.3 is 5.63 Å². The number of amides is 1. The van der Waals surface area contributed by atoms with E-state index in [1.165, 1.54) is 0 Å². The fraction of sp³-hybridized carbons (Fsp3) is 0.600. The minimum absolute atomic E-state index is 0.162. The summed E-state index contributed by atoms with van der Waals surface area (Å²) in [5.74, 6) is 2.81. The minimum atomic E-state index is -0.523. The third kappa shape index (κ3) is 4.46. The molecule has 0 aromatic carbocycles. The molecule has 0 bridgehead atoms. The molecule has 2 aromatic heterocycles. The zero-order valence-corrected chi connectivity index (χ0v) is 16.5. The van der Waals surface area contributed by atoms with Gasteiger partial charge in [-0.1, -0.05) is 13.8 Å². The van der Waals surface area contributed by atoms with Gasteiger partial charge < -0.3 is 9.32 Å². The van der Waals surface area contributed by atoms with Crippen LogP contribution in [0, 0.1) is 19.8 Å². The monoisotopic (exact) mass is 372 g/mol. The maximum Gasteiger partial charge on any atom is 0.349 e. The van der Waals surface area contributed by atoms with Gasteiger partial charge in [-0.2, -0.15) is 5.10 Å². The van der Waals surface area contributed by atoms with Gasteiger partial charge in [0.15, 0.2) is 5.82 Å². The molecular weight excluding hydrogens is 344 g/mol. The molecule has 3 heterocycles. The third-order valence-corrected chi connectivity index (χ3v) is 5.14. The maximum atomic E-state index is 12.9. The van der Waals surface area contributed by atoms with Crippen LogP contribution in [0.4, 0.5) is 0 Å². The second kappa shape index (κ2) is 8.06. The number of hydrogen-bond acceptors (Lipinski definition) is 5. The van der Waals surface area contributed by atoms with Crippen LogP contribution in [0.25, 0.3) is 0 Å².